The van der Waals surface area contributed by atoms with Gasteiger partial charge in [0.15, 0.2) is 0 Å². The maximum Gasteiger partial charge on any atom is 0.314 e. The number of hydrogen-bond acceptors (Lipinski definition) is 4. The number of benzene rings is 2. The standard InChI is InChI=1S/C17H10ClF2NO5/c18-10-5-7(16(22)21(19)20)1-4-11(10)25-8-2-3-9-12(6-8)26-15-13(9)14(15)17(23)24/h1-6,13-15H,(H,23,24). The minimum absolute atomic E-state index is 0.00657. The molecule has 134 valence electrons. The number of carbonyl (C=O) groups excluding carboxylic acids is 1. The predicted octanol–water partition coefficient (Wildman–Crippen LogP) is 3.90. The van der Waals surface area contributed by atoms with Crippen molar-refractivity contribution in [1.82, 2.24) is 5.34 Å². The van der Waals surface area contributed by atoms with E-state index in [1.165, 1.54) is 12.1 Å². The Labute approximate surface area is 150 Å². The van der Waals surface area contributed by atoms with Gasteiger partial charge in [0.1, 0.15) is 29.3 Å². The van der Waals surface area contributed by atoms with Crippen LogP contribution in [0.4, 0.5) is 8.96 Å². The number of halogens is 3. The summed E-state index contributed by atoms with van der Waals surface area (Å²) in [5.41, 5.74) is 0.539. The smallest absolute Gasteiger partial charge is 0.314 e. The van der Waals surface area contributed by atoms with Crippen LogP contribution in [0, 0.1) is 5.92 Å². The number of aliphatic carboxylic acids is 1. The van der Waals surface area contributed by atoms with E-state index in [0.717, 1.165) is 11.6 Å². The third kappa shape index (κ3) is 2.62. The van der Waals surface area contributed by atoms with Gasteiger partial charge in [-0.2, -0.15) is 0 Å². The molecule has 1 amide bonds. The topological polar surface area (TPSA) is 76.1 Å². The molecule has 1 aliphatic carbocycles. The molecule has 0 bridgehead atoms. The van der Waals surface area contributed by atoms with Crippen molar-refractivity contribution in [3.8, 4) is 17.2 Å². The molecular weight excluding hydrogens is 372 g/mol. The zero-order valence-electron chi connectivity index (χ0n) is 12.9. The predicted molar refractivity (Wildman–Crippen MR) is 84.6 cm³/mol. The van der Waals surface area contributed by atoms with E-state index < -0.39 is 23.1 Å². The second kappa shape index (κ2) is 5.84. The molecule has 1 fully saturated rings. The normalized spacial score (nSPS) is 22.0. The second-order valence-corrected chi connectivity index (χ2v) is 6.36. The van der Waals surface area contributed by atoms with Crippen LogP contribution in [0.3, 0.4) is 0 Å². The van der Waals surface area contributed by atoms with E-state index in [0.29, 0.717) is 11.5 Å². The molecule has 0 spiro atoms. The van der Waals surface area contributed by atoms with Crippen LogP contribution < -0.4 is 9.47 Å². The number of amides is 1. The van der Waals surface area contributed by atoms with Crippen LogP contribution in [0.25, 0.3) is 0 Å². The summed E-state index contributed by atoms with van der Waals surface area (Å²) in [4.78, 5) is 22.3. The van der Waals surface area contributed by atoms with Crippen molar-refractivity contribution in [3.63, 3.8) is 0 Å². The molecule has 1 saturated carbocycles. The van der Waals surface area contributed by atoms with Crippen molar-refractivity contribution in [2.75, 3.05) is 0 Å². The van der Waals surface area contributed by atoms with Crippen molar-refractivity contribution in [2.45, 2.75) is 12.0 Å². The Morgan fingerprint density at radius 1 is 1.19 bits per heavy atom. The number of ether oxygens (including phenoxy) is 2. The monoisotopic (exact) mass is 381 g/mol. The lowest BCUT2D eigenvalue weighted by Crippen LogP contribution is -2.13. The summed E-state index contributed by atoms with van der Waals surface area (Å²) in [5.74, 6) is -1.91. The molecular formula is C17H10ClF2NO5. The lowest BCUT2D eigenvalue weighted by Gasteiger charge is -2.11. The molecule has 3 unspecified atom stereocenters. The highest BCUT2D eigenvalue weighted by atomic mass is 35.5. The fraction of sp³-hybridized carbons (Fsp3) is 0.176. The van der Waals surface area contributed by atoms with Crippen molar-refractivity contribution < 1.29 is 33.1 Å². The van der Waals surface area contributed by atoms with E-state index in [2.05, 4.69) is 0 Å². The van der Waals surface area contributed by atoms with E-state index in [1.807, 2.05) is 0 Å². The molecule has 0 radical (unpaired) electrons. The van der Waals surface area contributed by atoms with Crippen molar-refractivity contribution in [1.29, 1.82) is 0 Å². The molecule has 1 aliphatic heterocycles. The fourth-order valence-corrected chi connectivity index (χ4v) is 3.36. The van der Waals surface area contributed by atoms with Gasteiger partial charge in [0.05, 0.1) is 5.02 Å². The first-order valence-corrected chi connectivity index (χ1v) is 7.91. The van der Waals surface area contributed by atoms with Gasteiger partial charge in [0.25, 0.3) is 0 Å². The molecule has 2 aromatic rings. The zero-order chi connectivity index (χ0) is 18.6. The third-order valence-corrected chi connectivity index (χ3v) is 4.70. The molecule has 4 rings (SSSR count). The number of carboxylic acids is 1. The van der Waals surface area contributed by atoms with E-state index >= 15 is 0 Å². The summed E-state index contributed by atoms with van der Waals surface area (Å²) >= 11 is 5.99. The summed E-state index contributed by atoms with van der Waals surface area (Å²) in [7, 11) is 0. The SMILES string of the molecule is O=C(O)C1C2Oc3cc(Oc4ccc(C(=O)N(F)F)cc4Cl)ccc3C21. The number of nitrogens with zero attached hydrogens (tertiary/aromatic N) is 1. The number of hydrogen-bond donors (Lipinski definition) is 1. The van der Waals surface area contributed by atoms with Crippen LogP contribution in [-0.4, -0.2) is 28.4 Å². The van der Waals surface area contributed by atoms with Crippen LogP contribution in [0.2, 0.25) is 5.02 Å². The molecule has 1 N–H and O–H groups in total. The van der Waals surface area contributed by atoms with Crippen molar-refractivity contribution in [2.24, 2.45) is 5.92 Å². The number of carboxylic acid groups (broad SMARTS) is 1. The maximum atomic E-state index is 12.3. The molecule has 1 heterocycles. The first kappa shape index (κ1) is 16.6. The summed E-state index contributed by atoms with van der Waals surface area (Å²) in [6.45, 7) is 0. The van der Waals surface area contributed by atoms with Gasteiger partial charge in [0.2, 0.25) is 0 Å². The highest BCUT2D eigenvalue weighted by Crippen LogP contribution is 2.58. The average molecular weight is 382 g/mol. The lowest BCUT2D eigenvalue weighted by molar-refractivity contribution is -0.139. The van der Waals surface area contributed by atoms with Gasteiger partial charge in [0, 0.05) is 28.5 Å². The Balaban J connectivity index is 1.53. The van der Waals surface area contributed by atoms with Crippen LogP contribution in [0.15, 0.2) is 36.4 Å². The molecule has 9 heteroatoms. The quantitative estimate of drug-likeness (QED) is 0.813. The molecule has 0 saturated heterocycles. The number of fused-ring (bicyclic) bond motifs is 3. The highest BCUT2D eigenvalue weighted by molar-refractivity contribution is 6.32. The fourth-order valence-electron chi connectivity index (χ4n) is 3.14. The Kier molecular flexibility index (Phi) is 3.73. The van der Waals surface area contributed by atoms with Gasteiger partial charge in [-0.25, -0.2) is 0 Å². The highest BCUT2D eigenvalue weighted by Gasteiger charge is 2.63. The van der Waals surface area contributed by atoms with Crippen LogP contribution in [0.5, 0.6) is 17.2 Å². The molecule has 6 nitrogen and oxygen atoms in total. The second-order valence-electron chi connectivity index (χ2n) is 5.96. The largest absolute Gasteiger partial charge is 0.488 e. The molecule has 2 aromatic carbocycles. The molecule has 0 aromatic heterocycles. The van der Waals surface area contributed by atoms with Crippen LogP contribution in [-0.2, 0) is 4.79 Å². The summed E-state index contributed by atoms with van der Waals surface area (Å²) < 4.78 is 35.8. The number of rotatable bonds is 4. The molecule has 26 heavy (non-hydrogen) atoms. The average Bonchev–Trinajstić information content (AvgIpc) is 3.19. The Morgan fingerprint density at radius 3 is 2.62 bits per heavy atom. The van der Waals surface area contributed by atoms with Gasteiger partial charge >= 0.3 is 11.9 Å². The van der Waals surface area contributed by atoms with E-state index in [-0.39, 0.29) is 28.4 Å². The molecule has 2 aliphatic rings. The van der Waals surface area contributed by atoms with Crippen LogP contribution in [0.1, 0.15) is 21.8 Å². The van der Waals surface area contributed by atoms with Crippen molar-refractivity contribution in [3.05, 3.63) is 52.5 Å². The van der Waals surface area contributed by atoms with Gasteiger partial charge < -0.3 is 14.6 Å². The first-order chi connectivity index (χ1) is 12.4. The van der Waals surface area contributed by atoms with Gasteiger partial charge in [-0.05, 0) is 24.3 Å². The Hall–Kier alpha value is -2.87. The zero-order valence-corrected chi connectivity index (χ0v) is 13.6. The summed E-state index contributed by atoms with van der Waals surface area (Å²) in [6.07, 6.45) is -0.351. The molecule has 3 atom stereocenters. The lowest BCUT2D eigenvalue weighted by atomic mass is 10.1. The maximum absolute atomic E-state index is 12.3. The van der Waals surface area contributed by atoms with Gasteiger partial charge in [-0.3, -0.25) is 9.59 Å². The third-order valence-electron chi connectivity index (χ3n) is 4.41. The first-order valence-electron chi connectivity index (χ1n) is 7.53. The summed E-state index contributed by atoms with van der Waals surface area (Å²) in [5, 5.41) is 7.53. The Morgan fingerprint density at radius 2 is 1.96 bits per heavy atom. The van der Waals surface area contributed by atoms with Gasteiger partial charge in [-0.1, -0.05) is 26.6 Å². The minimum atomic E-state index is -1.53. The Bertz CT molecular complexity index is 935. The summed E-state index contributed by atoms with van der Waals surface area (Å²) in [6, 6.07) is 8.55. The minimum Gasteiger partial charge on any atom is -0.488 e. The van der Waals surface area contributed by atoms with E-state index in [4.69, 9.17) is 26.2 Å². The number of carbonyl (C=O) groups is 2. The van der Waals surface area contributed by atoms with E-state index in [9.17, 15) is 18.6 Å². The van der Waals surface area contributed by atoms with Crippen LogP contribution >= 0.6 is 11.6 Å². The van der Waals surface area contributed by atoms with E-state index in [1.54, 1.807) is 18.2 Å². The van der Waals surface area contributed by atoms with Gasteiger partial charge in [-0.15, -0.1) is 0 Å². The van der Waals surface area contributed by atoms with Crippen molar-refractivity contribution >= 4 is 23.5 Å².